The summed E-state index contributed by atoms with van der Waals surface area (Å²) in [5, 5.41) is 0. The van der Waals surface area contributed by atoms with Crippen LogP contribution in [-0.4, -0.2) is 14.3 Å². The molecule has 2 rings (SSSR count). The Bertz CT molecular complexity index is 412. The van der Waals surface area contributed by atoms with Gasteiger partial charge in [-0.1, -0.05) is 70.6 Å². The van der Waals surface area contributed by atoms with E-state index in [-0.39, 0.29) is 6.60 Å². The Morgan fingerprint density at radius 2 is 1.00 bits per heavy atom. The zero-order valence-electron chi connectivity index (χ0n) is 9.77. The van der Waals surface area contributed by atoms with Crippen molar-refractivity contribution in [2.45, 2.75) is 13.8 Å². The van der Waals surface area contributed by atoms with Crippen LogP contribution in [0, 0.1) is 13.8 Å². The van der Waals surface area contributed by atoms with E-state index in [0.717, 1.165) is 10.9 Å². The Kier molecular flexibility index (Phi) is 3.19. The van der Waals surface area contributed by atoms with Crippen molar-refractivity contribution >= 4 is 25.3 Å². The van der Waals surface area contributed by atoms with Gasteiger partial charge in [-0.2, -0.15) is 0 Å². The first kappa shape index (κ1) is 11.1. The molecule has 2 aromatic carbocycles. The standard InChI is InChI=1S/C14H14B2/c1-11-3-7-13(8-4-11)16(15)14-9-5-12(2)6-10-14/h3-10H,1-2H3. The number of hydrogen-bond donors (Lipinski definition) is 0. The Hall–Kier alpha value is -1.43. The fraction of sp³-hybridized carbons (Fsp3) is 0.143. The molecule has 0 spiro atoms. The molecule has 16 heavy (non-hydrogen) atoms. The van der Waals surface area contributed by atoms with Crippen LogP contribution in [0.2, 0.25) is 0 Å². The van der Waals surface area contributed by atoms with E-state index < -0.39 is 0 Å². The summed E-state index contributed by atoms with van der Waals surface area (Å²) in [6.45, 7) is 4.14. The van der Waals surface area contributed by atoms with Gasteiger partial charge in [-0.3, -0.25) is 0 Å². The fourth-order valence-electron chi connectivity index (χ4n) is 1.74. The van der Waals surface area contributed by atoms with E-state index in [1.807, 2.05) is 0 Å². The second-order valence-electron chi connectivity index (χ2n) is 4.30. The molecule has 0 saturated carbocycles. The summed E-state index contributed by atoms with van der Waals surface area (Å²) in [6.07, 6.45) is 0. The molecule has 0 heterocycles. The van der Waals surface area contributed by atoms with Gasteiger partial charge < -0.3 is 0 Å². The predicted molar refractivity (Wildman–Crippen MR) is 73.1 cm³/mol. The highest BCUT2D eigenvalue weighted by molar-refractivity contribution is 7.18. The molecule has 2 radical (unpaired) electrons. The lowest BCUT2D eigenvalue weighted by atomic mass is 9.26. The molecule has 0 amide bonds. The third kappa shape index (κ3) is 2.38. The average Bonchev–Trinajstić information content (AvgIpc) is 2.30. The highest BCUT2D eigenvalue weighted by Gasteiger charge is 2.10. The molecule has 0 nitrogen and oxygen atoms in total. The minimum atomic E-state index is -0.0267. The van der Waals surface area contributed by atoms with E-state index in [1.54, 1.807) is 0 Å². The summed E-state index contributed by atoms with van der Waals surface area (Å²) < 4.78 is 0. The smallest absolute Gasteiger partial charge is 0.0840 e. The van der Waals surface area contributed by atoms with Crippen molar-refractivity contribution in [3.8, 4) is 0 Å². The van der Waals surface area contributed by atoms with Gasteiger partial charge in [-0.25, -0.2) is 0 Å². The van der Waals surface area contributed by atoms with Crippen molar-refractivity contribution in [3.05, 3.63) is 59.7 Å². The Morgan fingerprint density at radius 3 is 1.31 bits per heavy atom. The van der Waals surface area contributed by atoms with Crippen molar-refractivity contribution in [1.82, 2.24) is 0 Å². The van der Waals surface area contributed by atoms with Crippen molar-refractivity contribution in [3.63, 3.8) is 0 Å². The SMILES string of the molecule is [B]B(c1ccc(C)cc1)c1ccc(C)cc1. The van der Waals surface area contributed by atoms with E-state index in [1.165, 1.54) is 11.1 Å². The maximum atomic E-state index is 6.22. The lowest BCUT2D eigenvalue weighted by Gasteiger charge is -2.10. The van der Waals surface area contributed by atoms with E-state index in [4.69, 9.17) is 7.74 Å². The second kappa shape index (κ2) is 4.61. The van der Waals surface area contributed by atoms with Crippen LogP contribution < -0.4 is 10.9 Å². The first-order chi connectivity index (χ1) is 7.66. The first-order valence-corrected chi connectivity index (χ1v) is 5.55. The van der Waals surface area contributed by atoms with Gasteiger partial charge in [0.05, 0.1) is 0 Å². The third-order valence-electron chi connectivity index (χ3n) is 2.87. The van der Waals surface area contributed by atoms with Gasteiger partial charge in [0.25, 0.3) is 0 Å². The van der Waals surface area contributed by atoms with Crippen LogP contribution >= 0.6 is 0 Å². The zero-order valence-corrected chi connectivity index (χ0v) is 9.77. The summed E-state index contributed by atoms with van der Waals surface area (Å²) >= 11 is 0. The minimum Gasteiger partial charge on any atom is -0.0840 e. The summed E-state index contributed by atoms with van der Waals surface area (Å²) in [7, 11) is 6.22. The van der Waals surface area contributed by atoms with Gasteiger partial charge >= 0.3 is 0 Å². The van der Waals surface area contributed by atoms with Crippen molar-refractivity contribution < 1.29 is 0 Å². The fourth-order valence-corrected chi connectivity index (χ4v) is 1.74. The molecule has 0 aliphatic heterocycles. The van der Waals surface area contributed by atoms with Gasteiger partial charge in [-0.15, -0.1) is 0 Å². The van der Waals surface area contributed by atoms with Crippen molar-refractivity contribution in [1.29, 1.82) is 0 Å². The topological polar surface area (TPSA) is 0 Å². The Balaban J connectivity index is 2.28. The van der Waals surface area contributed by atoms with Crippen LogP contribution in [-0.2, 0) is 0 Å². The lowest BCUT2D eigenvalue weighted by Crippen LogP contribution is -2.42. The molecule has 0 aliphatic rings. The monoisotopic (exact) mass is 204 g/mol. The van der Waals surface area contributed by atoms with E-state index in [0.29, 0.717) is 0 Å². The van der Waals surface area contributed by atoms with Gasteiger partial charge in [0.1, 0.15) is 0 Å². The summed E-state index contributed by atoms with van der Waals surface area (Å²) in [6, 6.07) is 16.8. The highest BCUT2D eigenvalue weighted by Crippen LogP contribution is 1.97. The molecule has 0 fully saturated rings. The van der Waals surface area contributed by atoms with Crippen molar-refractivity contribution in [2.75, 3.05) is 0 Å². The Morgan fingerprint density at radius 1 is 0.688 bits per heavy atom. The molecule has 2 heteroatoms. The molecular weight excluding hydrogens is 190 g/mol. The molecule has 2 aromatic rings. The van der Waals surface area contributed by atoms with Crippen LogP contribution in [0.5, 0.6) is 0 Å². The lowest BCUT2D eigenvalue weighted by molar-refractivity contribution is 1.48. The molecule has 76 valence electrons. The Labute approximate surface area is 99.2 Å². The third-order valence-corrected chi connectivity index (χ3v) is 2.87. The van der Waals surface area contributed by atoms with Gasteiger partial charge in [0.2, 0.25) is 0 Å². The average molecular weight is 204 g/mol. The number of benzene rings is 2. The molecular formula is C14H14B2. The van der Waals surface area contributed by atoms with E-state index in [2.05, 4.69) is 62.4 Å². The van der Waals surface area contributed by atoms with Crippen LogP contribution in [0.4, 0.5) is 0 Å². The maximum absolute atomic E-state index is 6.22. The largest absolute Gasteiger partial charge is 0.160 e. The quantitative estimate of drug-likeness (QED) is 0.651. The molecule has 0 bridgehead atoms. The van der Waals surface area contributed by atoms with Gasteiger partial charge in [-0.05, 0) is 13.8 Å². The first-order valence-electron chi connectivity index (χ1n) is 5.55. The normalized spacial score (nSPS) is 10.1. The number of aryl methyl sites for hydroxylation is 2. The van der Waals surface area contributed by atoms with Crippen LogP contribution in [0.1, 0.15) is 11.1 Å². The minimum absolute atomic E-state index is 0.0267. The maximum Gasteiger partial charge on any atom is 0.160 e. The van der Waals surface area contributed by atoms with Crippen LogP contribution in [0.25, 0.3) is 0 Å². The van der Waals surface area contributed by atoms with Crippen LogP contribution in [0.15, 0.2) is 48.5 Å². The zero-order chi connectivity index (χ0) is 11.5. The number of rotatable bonds is 2. The molecule has 0 atom stereocenters. The van der Waals surface area contributed by atoms with Crippen LogP contribution in [0.3, 0.4) is 0 Å². The molecule has 0 N–H and O–H groups in total. The van der Waals surface area contributed by atoms with Gasteiger partial charge in [0.15, 0.2) is 6.60 Å². The second-order valence-corrected chi connectivity index (χ2v) is 4.30. The number of hydrogen-bond acceptors (Lipinski definition) is 0. The summed E-state index contributed by atoms with van der Waals surface area (Å²) in [5.41, 5.74) is 4.85. The highest BCUT2D eigenvalue weighted by atomic mass is 13.9. The van der Waals surface area contributed by atoms with E-state index in [9.17, 15) is 0 Å². The summed E-state index contributed by atoms with van der Waals surface area (Å²) in [4.78, 5) is 0. The molecule has 0 aliphatic carbocycles. The molecule has 0 aromatic heterocycles. The summed E-state index contributed by atoms with van der Waals surface area (Å²) in [5.74, 6) is 0. The van der Waals surface area contributed by atoms with Gasteiger partial charge in [0, 0.05) is 7.74 Å². The molecule has 0 unspecified atom stereocenters. The van der Waals surface area contributed by atoms with Crippen molar-refractivity contribution in [2.24, 2.45) is 0 Å². The van der Waals surface area contributed by atoms with E-state index >= 15 is 0 Å². The predicted octanol–water partition coefficient (Wildman–Crippen LogP) is 1.58. The molecule has 0 saturated heterocycles.